The van der Waals surface area contributed by atoms with E-state index >= 15 is 0 Å². The first kappa shape index (κ1) is 28.1. The molecular weight excluding hydrogens is 517 g/mol. The Kier molecular flexibility index (Phi) is 9.00. The van der Waals surface area contributed by atoms with Crippen LogP contribution in [-0.2, 0) is 19.0 Å². The summed E-state index contributed by atoms with van der Waals surface area (Å²) in [6.07, 6.45) is 1.93. The number of hydrogen-bond donors (Lipinski definition) is 3. The van der Waals surface area contributed by atoms with Crippen molar-refractivity contribution in [2.24, 2.45) is 5.41 Å². The van der Waals surface area contributed by atoms with E-state index in [1.165, 1.54) is 19.1 Å². The van der Waals surface area contributed by atoms with Gasteiger partial charge in [-0.05, 0) is 43.3 Å². The molecule has 0 spiro atoms. The quantitative estimate of drug-likeness (QED) is 0.325. The molecule has 0 bridgehead atoms. The number of aromatic nitrogens is 4. The highest BCUT2D eigenvalue weighted by Crippen LogP contribution is 2.35. The van der Waals surface area contributed by atoms with Crippen molar-refractivity contribution in [3.05, 3.63) is 48.2 Å². The van der Waals surface area contributed by atoms with Crippen molar-refractivity contribution in [3.63, 3.8) is 0 Å². The van der Waals surface area contributed by atoms with Gasteiger partial charge in [-0.15, -0.1) is 0 Å². The maximum absolute atomic E-state index is 13.7. The number of nitrogens with zero attached hydrogens (tertiary/aromatic N) is 4. The highest BCUT2D eigenvalue weighted by Gasteiger charge is 2.35. The first-order valence-electron chi connectivity index (χ1n) is 13.6. The number of ether oxygens (including phenoxy) is 3. The molecule has 0 atom stereocenters. The SMILES string of the molecule is CC(=O)NCC1(C)COC(c2nc(-c3ccc(F)cc3)c(-c3ccnc(NCCCN4CCOCC4)n3)[nH]2)OC1. The Morgan fingerprint density at radius 2 is 1.90 bits per heavy atom. The van der Waals surface area contributed by atoms with Crippen molar-refractivity contribution in [3.8, 4) is 22.6 Å². The molecule has 2 aliphatic rings. The van der Waals surface area contributed by atoms with Crippen LogP contribution in [-0.4, -0.2) is 89.9 Å². The number of H-pyrrole nitrogens is 1. The molecule has 214 valence electrons. The summed E-state index contributed by atoms with van der Waals surface area (Å²) < 4.78 is 31.2. The Bertz CT molecular complexity index is 1270. The van der Waals surface area contributed by atoms with Crippen LogP contribution in [0.4, 0.5) is 10.3 Å². The standard InChI is InChI=1S/C28H36FN7O4/c1-19(37)32-16-28(2)17-39-26(40-18-28)25-34-23(20-4-6-21(29)7-5-20)24(35-25)22-8-10-31-27(33-22)30-9-3-11-36-12-14-38-15-13-36/h4-8,10,26H,3,9,11-18H2,1-2H3,(H,32,37)(H,34,35)(H,30,31,33). The smallest absolute Gasteiger partial charge is 0.223 e. The summed E-state index contributed by atoms with van der Waals surface area (Å²) in [5, 5.41) is 6.15. The van der Waals surface area contributed by atoms with Crippen molar-refractivity contribution in [2.75, 3.05) is 64.5 Å². The molecule has 1 aromatic carbocycles. The fourth-order valence-electron chi connectivity index (χ4n) is 4.66. The Labute approximate surface area is 232 Å². The number of nitrogens with one attached hydrogen (secondary N) is 3. The number of aromatic amines is 1. The van der Waals surface area contributed by atoms with Gasteiger partial charge < -0.3 is 29.8 Å². The topological polar surface area (TPSA) is 127 Å². The molecule has 1 amide bonds. The van der Waals surface area contributed by atoms with Crippen LogP contribution < -0.4 is 10.6 Å². The minimum atomic E-state index is -0.724. The molecule has 5 rings (SSSR count). The van der Waals surface area contributed by atoms with Gasteiger partial charge in [0.25, 0.3) is 0 Å². The lowest BCUT2D eigenvalue weighted by Crippen LogP contribution is -2.45. The van der Waals surface area contributed by atoms with Crippen LogP contribution in [0.1, 0.15) is 32.4 Å². The lowest BCUT2D eigenvalue weighted by Gasteiger charge is -2.36. The highest BCUT2D eigenvalue weighted by atomic mass is 19.1. The van der Waals surface area contributed by atoms with E-state index in [4.69, 9.17) is 24.2 Å². The molecule has 40 heavy (non-hydrogen) atoms. The first-order valence-corrected chi connectivity index (χ1v) is 13.6. The van der Waals surface area contributed by atoms with Crippen LogP contribution in [0.3, 0.4) is 0 Å². The third kappa shape index (κ3) is 7.19. The fourth-order valence-corrected chi connectivity index (χ4v) is 4.66. The van der Waals surface area contributed by atoms with Crippen molar-refractivity contribution < 1.29 is 23.4 Å². The van der Waals surface area contributed by atoms with Gasteiger partial charge in [0.2, 0.25) is 18.1 Å². The highest BCUT2D eigenvalue weighted by molar-refractivity contribution is 5.77. The van der Waals surface area contributed by atoms with Gasteiger partial charge in [0.05, 0.1) is 43.5 Å². The van der Waals surface area contributed by atoms with E-state index in [9.17, 15) is 9.18 Å². The van der Waals surface area contributed by atoms with Crippen LogP contribution >= 0.6 is 0 Å². The van der Waals surface area contributed by atoms with Crippen LogP contribution in [0.15, 0.2) is 36.5 Å². The molecule has 3 aromatic rings. The van der Waals surface area contributed by atoms with Crippen LogP contribution in [0.5, 0.6) is 0 Å². The number of rotatable bonds is 10. The van der Waals surface area contributed by atoms with Gasteiger partial charge in [-0.2, -0.15) is 0 Å². The fraction of sp³-hybridized carbons (Fsp3) is 0.500. The van der Waals surface area contributed by atoms with Crippen LogP contribution in [0, 0.1) is 11.2 Å². The van der Waals surface area contributed by atoms with E-state index in [1.807, 2.05) is 6.92 Å². The number of benzene rings is 1. The van der Waals surface area contributed by atoms with Crippen molar-refractivity contribution in [2.45, 2.75) is 26.6 Å². The number of carbonyl (C=O) groups excluding carboxylic acids is 1. The molecule has 4 heterocycles. The maximum atomic E-state index is 13.7. The molecule has 0 aliphatic carbocycles. The summed E-state index contributed by atoms with van der Waals surface area (Å²) in [4.78, 5) is 31.0. The van der Waals surface area contributed by atoms with Gasteiger partial charge in [-0.25, -0.2) is 19.3 Å². The summed E-state index contributed by atoms with van der Waals surface area (Å²) >= 11 is 0. The normalized spacial score (nSPS) is 21.7. The number of imidazole rings is 1. The second-order valence-corrected chi connectivity index (χ2v) is 10.5. The van der Waals surface area contributed by atoms with E-state index in [2.05, 4.69) is 25.5 Å². The zero-order valence-electron chi connectivity index (χ0n) is 22.9. The molecule has 0 radical (unpaired) electrons. The molecule has 0 unspecified atom stereocenters. The summed E-state index contributed by atoms with van der Waals surface area (Å²) in [5.74, 6) is 0.567. The van der Waals surface area contributed by atoms with Crippen molar-refractivity contribution in [1.82, 2.24) is 30.2 Å². The van der Waals surface area contributed by atoms with E-state index in [1.54, 1.807) is 24.4 Å². The molecule has 2 saturated heterocycles. The Morgan fingerprint density at radius 3 is 2.62 bits per heavy atom. The number of carbonyl (C=O) groups is 1. The van der Waals surface area contributed by atoms with Gasteiger partial charge in [-0.1, -0.05) is 6.92 Å². The van der Waals surface area contributed by atoms with Crippen molar-refractivity contribution >= 4 is 11.9 Å². The summed E-state index contributed by atoms with van der Waals surface area (Å²) in [7, 11) is 0. The second kappa shape index (κ2) is 12.8. The predicted molar refractivity (Wildman–Crippen MR) is 147 cm³/mol. The number of morpholine rings is 1. The maximum Gasteiger partial charge on any atom is 0.223 e. The lowest BCUT2D eigenvalue weighted by molar-refractivity contribution is -0.232. The number of hydrogen-bond acceptors (Lipinski definition) is 9. The van der Waals surface area contributed by atoms with E-state index < -0.39 is 6.29 Å². The average Bonchev–Trinajstić information content (AvgIpc) is 3.41. The van der Waals surface area contributed by atoms with Gasteiger partial charge >= 0.3 is 0 Å². The molecule has 12 heteroatoms. The van der Waals surface area contributed by atoms with Crippen molar-refractivity contribution in [1.29, 1.82) is 0 Å². The molecule has 2 fully saturated rings. The van der Waals surface area contributed by atoms with E-state index in [0.717, 1.165) is 51.4 Å². The first-order chi connectivity index (χ1) is 19.4. The summed E-state index contributed by atoms with van der Waals surface area (Å²) in [6, 6.07) is 7.96. The third-order valence-electron chi connectivity index (χ3n) is 6.94. The van der Waals surface area contributed by atoms with E-state index in [-0.39, 0.29) is 17.1 Å². The Morgan fingerprint density at radius 1 is 1.15 bits per heavy atom. The number of anilines is 1. The van der Waals surface area contributed by atoms with E-state index in [0.29, 0.717) is 48.6 Å². The second-order valence-electron chi connectivity index (χ2n) is 10.5. The average molecular weight is 554 g/mol. The zero-order valence-corrected chi connectivity index (χ0v) is 22.9. The molecule has 2 aromatic heterocycles. The van der Waals surface area contributed by atoms with Gasteiger partial charge in [0.15, 0.2) is 5.82 Å². The minimum Gasteiger partial charge on any atom is -0.379 e. The number of amides is 1. The summed E-state index contributed by atoms with van der Waals surface area (Å²) in [5.41, 5.74) is 2.26. The lowest BCUT2D eigenvalue weighted by atomic mass is 9.92. The third-order valence-corrected chi connectivity index (χ3v) is 6.94. The summed E-state index contributed by atoms with van der Waals surface area (Å²) in [6.45, 7) is 9.90. The van der Waals surface area contributed by atoms with Gasteiger partial charge in [0, 0.05) is 50.3 Å². The monoisotopic (exact) mass is 553 g/mol. The van der Waals surface area contributed by atoms with Crippen LogP contribution in [0.2, 0.25) is 0 Å². The molecule has 0 saturated carbocycles. The van der Waals surface area contributed by atoms with Gasteiger partial charge in [-0.3, -0.25) is 9.69 Å². The van der Waals surface area contributed by atoms with Crippen LogP contribution in [0.25, 0.3) is 22.6 Å². The molecular formula is C28H36FN7O4. The van der Waals surface area contributed by atoms with Gasteiger partial charge in [0.1, 0.15) is 5.82 Å². The Hall–Kier alpha value is -3.45. The zero-order chi connectivity index (χ0) is 28.0. The largest absolute Gasteiger partial charge is 0.379 e. The minimum absolute atomic E-state index is 0.0984. The molecule has 2 aliphatic heterocycles. The predicted octanol–water partition coefficient (Wildman–Crippen LogP) is 2.99. The Balaban J connectivity index is 1.31. The molecule has 11 nitrogen and oxygen atoms in total. The number of halogens is 1. The molecule has 3 N–H and O–H groups in total.